The molecule has 0 unspecified atom stereocenters. The van der Waals surface area contributed by atoms with Crippen LogP contribution in [0.1, 0.15) is 12.6 Å². The van der Waals surface area contributed by atoms with Crippen LogP contribution in [0.5, 0.6) is 11.5 Å². The number of aromatic nitrogens is 3. The van der Waals surface area contributed by atoms with Crippen molar-refractivity contribution in [3.05, 3.63) is 81.4 Å². The summed E-state index contributed by atoms with van der Waals surface area (Å²) in [7, 11) is 1.61. The minimum Gasteiger partial charge on any atom is -0.493 e. The van der Waals surface area contributed by atoms with Gasteiger partial charge in [0.05, 0.1) is 37.7 Å². The van der Waals surface area contributed by atoms with Crippen molar-refractivity contribution in [2.24, 2.45) is 0 Å². The first-order valence-corrected chi connectivity index (χ1v) is 12.3. The lowest BCUT2D eigenvalue weighted by Crippen LogP contribution is -2.21. The number of halogens is 1. The summed E-state index contributed by atoms with van der Waals surface area (Å²) >= 11 is 2.89. The van der Waals surface area contributed by atoms with Gasteiger partial charge in [0.25, 0.3) is 5.56 Å². The van der Waals surface area contributed by atoms with Gasteiger partial charge in [-0.1, -0.05) is 12.1 Å². The molecule has 0 atom stereocenters. The van der Waals surface area contributed by atoms with E-state index >= 15 is 0 Å². The Kier molecular flexibility index (Phi) is 6.12. The Morgan fingerprint density at radius 2 is 1.82 bits per heavy atom. The highest BCUT2D eigenvalue weighted by Crippen LogP contribution is 2.34. The van der Waals surface area contributed by atoms with Crippen molar-refractivity contribution in [3.8, 4) is 33.2 Å². The Labute approximate surface area is 202 Å². The van der Waals surface area contributed by atoms with Gasteiger partial charge < -0.3 is 9.47 Å². The maximum absolute atomic E-state index is 13.4. The van der Waals surface area contributed by atoms with Crippen LogP contribution < -0.4 is 15.0 Å². The third kappa shape index (κ3) is 4.20. The summed E-state index contributed by atoms with van der Waals surface area (Å²) in [5.41, 5.74) is 3.06. The molecule has 172 valence electrons. The van der Waals surface area contributed by atoms with E-state index in [0.29, 0.717) is 34.9 Å². The van der Waals surface area contributed by atoms with Gasteiger partial charge in [-0.3, -0.25) is 9.36 Å². The first-order valence-electron chi connectivity index (χ1n) is 10.6. The highest BCUT2D eigenvalue weighted by molar-refractivity contribution is 7.17. The zero-order valence-corrected chi connectivity index (χ0v) is 20.1. The number of hydrogen-bond donors (Lipinski definition) is 0. The molecule has 0 radical (unpaired) electrons. The second-order valence-electron chi connectivity index (χ2n) is 7.46. The number of benzene rings is 2. The molecule has 0 fully saturated rings. The van der Waals surface area contributed by atoms with E-state index in [2.05, 4.69) is 4.98 Å². The molecule has 5 rings (SSSR count). The minimum absolute atomic E-state index is 0.150. The molecule has 0 spiro atoms. The van der Waals surface area contributed by atoms with E-state index in [1.54, 1.807) is 30.1 Å². The summed E-state index contributed by atoms with van der Waals surface area (Å²) in [6.45, 7) is 2.77. The lowest BCUT2D eigenvalue weighted by molar-refractivity contribution is 0.311. The van der Waals surface area contributed by atoms with E-state index in [4.69, 9.17) is 14.5 Å². The van der Waals surface area contributed by atoms with Crippen LogP contribution in [0.15, 0.2) is 64.3 Å². The fraction of sp³-hybridized carbons (Fsp3) is 0.160. The quantitative estimate of drug-likeness (QED) is 0.285. The molecule has 0 saturated carbocycles. The predicted molar refractivity (Wildman–Crippen MR) is 134 cm³/mol. The number of ether oxygens (including phenoxy) is 2. The number of thiophene rings is 1. The lowest BCUT2D eigenvalue weighted by Gasteiger charge is -2.10. The highest BCUT2D eigenvalue weighted by Gasteiger charge is 2.15. The molecule has 0 N–H and O–H groups in total. The monoisotopic (exact) mass is 493 g/mol. The van der Waals surface area contributed by atoms with Gasteiger partial charge in [0.1, 0.15) is 15.7 Å². The van der Waals surface area contributed by atoms with Crippen molar-refractivity contribution < 1.29 is 13.9 Å². The molecule has 0 aliphatic heterocycles. The van der Waals surface area contributed by atoms with Crippen LogP contribution in [-0.2, 0) is 6.54 Å². The molecule has 9 heteroatoms. The number of thiazole rings is 1. The third-order valence-electron chi connectivity index (χ3n) is 5.31. The van der Waals surface area contributed by atoms with E-state index in [1.807, 2.05) is 35.9 Å². The van der Waals surface area contributed by atoms with E-state index in [9.17, 15) is 9.18 Å². The topological polar surface area (TPSA) is 66.2 Å². The fourth-order valence-corrected chi connectivity index (χ4v) is 5.40. The number of methoxy groups -OCH3 is 1. The van der Waals surface area contributed by atoms with Gasteiger partial charge in [-0.25, -0.2) is 14.4 Å². The van der Waals surface area contributed by atoms with Crippen molar-refractivity contribution in [1.29, 1.82) is 0 Å². The molecule has 34 heavy (non-hydrogen) atoms. The number of hydrogen-bond acceptors (Lipinski definition) is 7. The van der Waals surface area contributed by atoms with Crippen LogP contribution in [0, 0.1) is 5.82 Å². The van der Waals surface area contributed by atoms with Crippen molar-refractivity contribution >= 4 is 32.9 Å². The first-order chi connectivity index (χ1) is 16.6. The molecular formula is C25H20FN3O3S2. The SMILES string of the molecule is CCOc1ccc(-c2nc(Cn3cnc4scc(-c5ccc(F)cc5)c4c3=O)cs2)cc1OC. The normalized spacial score (nSPS) is 11.1. The first kappa shape index (κ1) is 22.2. The van der Waals surface area contributed by atoms with Gasteiger partial charge >= 0.3 is 0 Å². The molecular weight excluding hydrogens is 473 g/mol. The van der Waals surface area contributed by atoms with E-state index in [0.717, 1.165) is 27.4 Å². The van der Waals surface area contributed by atoms with Gasteiger partial charge in [0.15, 0.2) is 11.5 Å². The average molecular weight is 494 g/mol. The summed E-state index contributed by atoms with van der Waals surface area (Å²) in [4.78, 5) is 23.2. The van der Waals surface area contributed by atoms with Crippen LogP contribution in [0.3, 0.4) is 0 Å². The van der Waals surface area contributed by atoms with Crippen molar-refractivity contribution in [2.45, 2.75) is 13.5 Å². The summed E-state index contributed by atoms with van der Waals surface area (Å²) in [5, 5.41) is 5.17. The molecule has 3 aromatic heterocycles. The van der Waals surface area contributed by atoms with E-state index in [1.165, 1.54) is 34.8 Å². The molecule has 2 aromatic carbocycles. The van der Waals surface area contributed by atoms with E-state index in [-0.39, 0.29) is 11.4 Å². The Hall–Kier alpha value is -3.56. The number of fused-ring (bicyclic) bond motifs is 1. The van der Waals surface area contributed by atoms with E-state index < -0.39 is 0 Å². The fourth-order valence-electron chi connectivity index (χ4n) is 3.68. The van der Waals surface area contributed by atoms with Gasteiger partial charge in [-0.05, 0) is 42.8 Å². The summed E-state index contributed by atoms with van der Waals surface area (Å²) in [6.07, 6.45) is 1.55. The Morgan fingerprint density at radius 3 is 2.59 bits per heavy atom. The molecule has 0 bridgehead atoms. The van der Waals surface area contributed by atoms with Crippen LogP contribution in [0.25, 0.3) is 31.9 Å². The number of rotatable bonds is 7. The Bertz CT molecular complexity index is 1520. The molecule has 0 saturated heterocycles. The van der Waals surface area contributed by atoms with Crippen molar-refractivity contribution in [3.63, 3.8) is 0 Å². The molecule has 3 heterocycles. The smallest absolute Gasteiger partial charge is 0.263 e. The maximum Gasteiger partial charge on any atom is 0.263 e. The maximum atomic E-state index is 13.4. The Balaban J connectivity index is 1.46. The predicted octanol–water partition coefficient (Wildman–Crippen LogP) is 5.84. The average Bonchev–Trinajstić information content (AvgIpc) is 3.50. The summed E-state index contributed by atoms with van der Waals surface area (Å²) in [6, 6.07) is 11.8. The molecule has 5 aromatic rings. The van der Waals surface area contributed by atoms with Gasteiger partial charge in [-0.15, -0.1) is 22.7 Å². The largest absolute Gasteiger partial charge is 0.493 e. The van der Waals surface area contributed by atoms with Crippen molar-refractivity contribution in [1.82, 2.24) is 14.5 Å². The van der Waals surface area contributed by atoms with Crippen LogP contribution in [0.4, 0.5) is 4.39 Å². The lowest BCUT2D eigenvalue weighted by atomic mass is 10.1. The van der Waals surface area contributed by atoms with Gasteiger partial charge in [0.2, 0.25) is 0 Å². The molecule has 0 aliphatic rings. The Morgan fingerprint density at radius 1 is 1.03 bits per heavy atom. The van der Waals surface area contributed by atoms with Crippen LogP contribution in [-0.4, -0.2) is 28.3 Å². The minimum atomic E-state index is -0.316. The molecule has 6 nitrogen and oxygen atoms in total. The van der Waals surface area contributed by atoms with Crippen LogP contribution >= 0.6 is 22.7 Å². The number of nitrogens with zero attached hydrogens (tertiary/aromatic N) is 3. The van der Waals surface area contributed by atoms with Crippen LogP contribution in [0.2, 0.25) is 0 Å². The zero-order valence-electron chi connectivity index (χ0n) is 18.4. The second-order valence-corrected chi connectivity index (χ2v) is 9.17. The summed E-state index contributed by atoms with van der Waals surface area (Å²) < 4.78 is 25.9. The van der Waals surface area contributed by atoms with Gasteiger partial charge in [-0.2, -0.15) is 0 Å². The highest BCUT2D eigenvalue weighted by atomic mass is 32.1. The van der Waals surface area contributed by atoms with Crippen molar-refractivity contribution in [2.75, 3.05) is 13.7 Å². The summed E-state index contributed by atoms with van der Waals surface area (Å²) in [5.74, 6) is 1.01. The third-order valence-corrected chi connectivity index (χ3v) is 7.14. The molecule has 0 aliphatic carbocycles. The molecule has 0 amide bonds. The zero-order chi connectivity index (χ0) is 23.7. The van der Waals surface area contributed by atoms with Gasteiger partial charge in [0, 0.05) is 21.9 Å². The standard InChI is InChI=1S/C25H20FN3O3S2/c1-3-32-20-9-6-16(10-21(20)31-2)23-28-18(12-33-23)11-29-14-27-24-22(25(29)30)19(13-34-24)15-4-7-17(26)8-5-15/h4-10,12-14H,3,11H2,1-2H3. The second kappa shape index (κ2) is 9.36.